The van der Waals surface area contributed by atoms with E-state index >= 15 is 0 Å². The molecule has 0 radical (unpaired) electrons. The smallest absolute Gasteiger partial charge is 0.233 e. The summed E-state index contributed by atoms with van der Waals surface area (Å²) in [6, 6.07) is 8.37. The maximum Gasteiger partial charge on any atom is 0.233 e. The molecule has 4 N–H and O–H groups in total. The van der Waals surface area contributed by atoms with Crippen LogP contribution in [0.4, 0.5) is 11.6 Å². The van der Waals surface area contributed by atoms with E-state index in [2.05, 4.69) is 37.6 Å². The zero-order chi connectivity index (χ0) is 21.6. The Morgan fingerprint density at radius 1 is 1.13 bits per heavy atom. The number of anilines is 2. The highest BCUT2D eigenvalue weighted by Crippen LogP contribution is 2.31. The number of fused-ring (bicyclic) bond motifs is 2. The Kier molecular flexibility index (Phi) is 5.47. The number of nitrogens with one attached hydrogen (secondary N) is 2. The molecule has 5 rings (SSSR count). The lowest BCUT2D eigenvalue weighted by molar-refractivity contribution is 0.410. The monoisotopic (exact) mass is 550 g/mol. The zero-order valence-electron chi connectivity index (χ0n) is 16.8. The normalized spacial score (nSPS) is 22.5. The van der Waals surface area contributed by atoms with Crippen molar-refractivity contribution < 1.29 is 8.42 Å². The summed E-state index contributed by atoms with van der Waals surface area (Å²) >= 11 is 2.28. The molecule has 1 aliphatic carbocycles. The number of hydrogen-bond donors (Lipinski definition) is 3. The molecule has 162 valence electrons. The summed E-state index contributed by atoms with van der Waals surface area (Å²) in [7, 11) is -3.22. The highest BCUT2D eigenvalue weighted by Gasteiger charge is 2.21. The molecule has 0 atom stereocenters. The second-order valence-corrected chi connectivity index (χ2v) is 11.2. The van der Waals surface area contributed by atoms with Crippen LogP contribution >= 0.6 is 22.6 Å². The number of nitrogens with zero attached hydrogens (tertiary/aromatic N) is 3. The molecule has 31 heavy (non-hydrogen) atoms. The van der Waals surface area contributed by atoms with Crippen molar-refractivity contribution in [1.29, 1.82) is 0 Å². The van der Waals surface area contributed by atoms with E-state index in [0.29, 0.717) is 30.1 Å². The third kappa shape index (κ3) is 4.46. The van der Waals surface area contributed by atoms with Crippen LogP contribution in [-0.2, 0) is 16.4 Å². The van der Waals surface area contributed by atoms with Crippen LogP contribution in [0.1, 0.15) is 31.2 Å². The number of hydrogen-bond acceptors (Lipinski definition) is 7. The molecular formula is C21H23IN6O2S. The van der Waals surface area contributed by atoms with Crippen molar-refractivity contribution >= 4 is 55.3 Å². The molecule has 0 saturated heterocycles. The number of aryl methyl sites for hydroxylation is 1. The first-order valence-corrected chi connectivity index (χ1v) is 13.1. The number of rotatable bonds is 3. The van der Waals surface area contributed by atoms with E-state index in [9.17, 15) is 8.42 Å². The third-order valence-corrected chi connectivity index (χ3v) is 8.01. The van der Waals surface area contributed by atoms with Gasteiger partial charge in [0.05, 0.1) is 23.3 Å². The number of halogens is 1. The summed E-state index contributed by atoms with van der Waals surface area (Å²) in [6.07, 6.45) is 6.37. The quantitative estimate of drug-likeness (QED) is 0.428. The zero-order valence-corrected chi connectivity index (χ0v) is 19.8. The van der Waals surface area contributed by atoms with E-state index in [1.807, 2.05) is 18.2 Å². The second kappa shape index (κ2) is 8.14. The molecule has 0 unspecified atom stereocenters. The van der Waals surface area contributed by atoms with Crippen LogP contribution in [0.25, 0.3) is 22.3 Å². The summed E-state index contributed by atoms with van der Waals surface area (Å²) in [5, 5.41) is 3.44. The Morgan fingerprint density at radius 2 is 1.94 bits per heavy atom. The molecule has 0 amide bonds. The van der Waals surface area contributed by atoms with Gasteiger partial charge >= 0.3 is 0 Å². The number of sulfonamides is 1. The Balaban J connectivity index is 1.42. The van der Waals surface area contributed by atoms with Crippen LogP contribution < -0.4 is 15.8 Å². The largest absolute Gasteiger partial charge is 0.351 e. The van der Waals surface area contributed by atoms with Crippen LogP contribution in [0.5, 0.6) is 0 Å². The van der Waals surface area contributed by atoms with E-state index in [-0.39, 0.29) is 5.75 Å². The fourth-order valence-corrected chi connectivity index (χ4v) is 5.99. The van der Waals surface area contributed by atoms with E-state index in [4.69, 9.17) is 15.7 Å². The van der Waals surface area contributed by atoms with Gasteiger partial charge in [0.1, 0.15) is 11.0 Å². The topological polar surface area (TPSA) is 123 Å². The maximum atomic E-state index is 11.8. The lowest BCUT2D eigenvalue weighted by atomic mass is 9.92. The van der Waals surface area contributed by atoms with Crippen LogP contribution in [0.2, 0.25) is 0 Å². The van der Waals surface area contributed by atoms with Gasteiger partial charge in [-0.3, -0.25) is 4.72 Å². The van der Waals surface area contributed by atoms with Gasteiger partial charge in [-0.1, -0.05) is 6.07 Å². The first kappa shape index (κ1) is 20.8. The van der Waals surface area contributed by atoms with Crippen molar-refractivity contribution in [1.82, 2.24) is 15.0 Å². The standard InChI is InChI=1S/C21H23IN6O2S/c22-16-10-18(12-1-6-17-13(9-12)7-8-31(29,30)28-17)26-19-11-24-21(27-20(16)19)25-15-4-2-14(23)3-5-15/h1,6,9-11,14-15,28H,2-5,7-8,23H2,(H,24,25,27). The predicted octanol–water partition coefficient (Wildman–Crippen LogP) is 3.28. The molecule has 0 bridgehead atoms. The Morgan fingerprint density at radius 3 is 2.74 bits per heavy atom. The van der Waals surface area contributed by atoms with Crippen molar-refractivity contribution in [2.75, 3.05) is 15.8 Å². The summed E-state index contributed by atoms with van der Waals surface area (Å²) in [5.41, 5.74) is 10.9. The minimum Gasteiger partial charge on any atom is -0.351 e. The van der Waals surface area contributed by atoms with E-state index in [1.54, 1.807) is 12.3 Å². The summed E-state index contributed by atoms with van der Waals surface area (Å²) in [5.74, 6) is 0.726. The van der Waals surface area contributed by atoms with Crippen LogP contribution in [-0.4, -0.2) is 41.2 Å². The van der Waals surface area contributed by atoms with Crippen LogP contribution in [0, 0.1) is 3.57 Å². The van der Waals surface area contributed by atoms with Crippen LogP contribution in [0.3, 0.4) is 0 Å². The first-order valence-electron chi connectivity index (χ1n) is 10.4. The summed E-state index contributed by atoms with van der Waals surface area (Å²) < 4.78 is 27.2. The van der Waals surface area contributed by atoms with Gasteiger partial charge in [-0.25, -0.2) is 23.4 Å². The highest BCUT2D eigenvalue weighted by atomic mass is 127. The number of aromatic nitrogens is 3. The van der Waals surface area contributed by atoms with E-state index < -0.39 is 10.0 Å². The van der Waals surface area contributed by atoms with Gasteiger partial charge < -0.3 is 11.1 Å². The molecule has 0 spiro atoms. The molecule has 1 saturated carbocycles. The Hall–Kier alpha value is -2.05. The summed E-state index contributed by atoms with van der Waals surface area (Å²) in [4.78, 5) is 14.0. The number of benzene rings is 1. The minimum absolute atomic E-state index is 0.0999. The average Bonchev–Trinajstić information content (AvgIpc) is 2.75. The predicted molar refractivity (Wildman–Crippen MR) is 130 cm³/mol. The summed E-state index contributed by atoms with van der Waals surface area (Å²) in [6.45, 7) is 0. The van der Waals surface area contributed by atoms with E-state index in [0.717, 1.165) is 57.1 Å². The maximum absolute atomic E-state index is 11.8. The molecule has 8 nitrogen and oxygen atoms in total. The lowest BCUT2D eigenvalue weighted by Crippen LogP contribution is -2.33. The molecular weight excluding hydrogens is 527 g/mol. The van der Waals surface area contributed by atoms with Gasteiger partial charge in [-0.15, -0.1) is 0 Å². The van der Waals surface area contributed by atoms with Gasteiger partial charge in [0.15, 0.2) is 0 Å². The van der Waals surface area contributed by atoms with Gasteiger partial charge in [0, 0.05) is 21.2 Å². The van der Waals surface area contributed by atoms with Crippen molar-refractivity contribution in [2.24, 2.45) is 5.73 Å². The minimum atomic E-state index is -3.22. The van der Waals surface area contributed by atoms with Crippen molar-refractivity contribution in [3.63, 3.8) is 0 Å². The SMILES string of the molecule is NC1CCC(Nc2ncc3nc(-c4ccc5c(c4)CCS(=O)(=O)N5)cc(I)c3n2)CC1. The fraction of sp³-hybridized carbons (Fsp3) is 0.381. The Labute approximate surface area is 194 Å². The second-order valence-electron chi connectivity index (χ2n) is 8.22. The third-order valence-electron chi connectivity index (χ3n) is 5.91. The van der Waals surface area contributed by atoms with Gasteiger partial charge in [-0.05, 0) is 78.5 Å². The van der Waals surface area contributed by atoms with Crippen molar-refractivity contribution in [3.05, 3.63) is 39.6 Å². The molecule has 10 heteroatoms. The molecule has 3 heterocycles. The molecule has 3 aromatic rings. The lowest BCUT2D eigenvalue weighted by Gasteiger charge is -2.26. The van der Waals surface area contributed by atoms with Crippen molar-refractivity contribution in [2.45, 2.75) is 44.2 Å². The molecule has 2 aromatic heterocycles. The molecule has 2 aliphatic rings. The van der Waals surface area contributed by atoms with Crippen LogP contribution in [0.15, 0.2) is 30.5 Å². The Bertz CT molecular complexity index is 1260. The molecule has 1 aromatic carbocycles. The number of nitrogens with two attached hydrogens (primary N) is 1. The molecule has 1 aliphatic heterocycles. The van der Waals surface area contributed by atoms with Crippen molar-refractivity contribution in [3.8, 4) is 11.3 Å². The number of pyridine rings is 1. The molecule has 1 fully saturated rings. The van der Waals surface area contributed by atoms with E-state index in [1.165, 1.54) is 0 Å². The highest BCUT2D eigenvalue weighted by molar-refractivity contribution is 14.1. The van der Waals surface area contributed by atoms with Gasteiger partial charge in [0.2, 0.25) is 16.0 Å². The van der Waals surface area contributed by atoms with Gasteiger partial charge in [-0.2, -0.15) is 0 Å². The first-order chi connectivity index (χ1) is 14.9. The van der Waals surface area contributed by atoms with Gasteiger partial charge in [0.25, 0.3) is 0 Å². The average molecular weight is 550 g/mol. The fourth-order valence-electron chi connectivity index (χ4n) is 4.17.